The molecule has 2 N–H and O–H groups in total. The van der Waals surface area contributed by atoms with Crippen molar-refractivity contribution in [1.82, 2.24) is 4.90 Å². The Morgan fingerprint density at radius 1 is 1.05 bits per heavy atom. The van der Waals surface area contributed by atoms with E-state index in [0.717, 1.165) is 25.3 Å². The van der Waals surface area contributed by atoms with Crippen molar-refractivity contribution in [2.75, 3.05) is 19.6 Å². The van der Waals surface area contributed by atoms with Crippen LogP contribution in [0.2, 0.25) is 0 Å². The van der Waals surface area contributed by atoms with E-state index in [2.05, 4.69) is 36.1 Å². The average molecular weight is 300 g/mol. The highest BCUT2D eigenvalue weighted by molar-refractivity contribution is 5.26. The molecule has 1 saturated heterocycles. The van der Waals surface area contributed by atoms with Crippen molar-refractivity contribution in [1.29, 1.82) is 0 Å². The molecule has 2 atom stereocenters. The quantitative estimate of drug-likeness (QED) is 0.912. The van der Waals surface area contributed by atoms with Crippen LogP contribution < -0.4 is 5.73 Å². The van der Waals surface area contributed by atoms with Gasteiger partial charge in [0.05, 0.1) is 0 Å². The molecule has 2 heteroatoms. The molecule has 2 aliphatic rings. The maximum Gasteiger partial charge on any atom is 0.0174 e. The van der Waals surface area contributed by atoms with Crippen molar-refractivity contribution >= 4 is 0 Å². The zero-order chi connectivity index (χ0) is 15.4. The van der Waals surface area contributed by atoms with E-state index in [1.54, 1.807) is 0 Å². The lowest BCUT2D eigenvalue weighted by molar-refractivity contribution is 0.147. The number of benzene rings is 1. The van der Waals surface area contributed by atoms with Gasteiger partial charge in [0.2, 0.25) is 0 Å². The van der Waals surface area contributed by atoms with E-state index in [-0.39, 0.29) is 0 Å². The summed E-state index contributed by atoms with van der Waals surface area (Å²) in [5.41, 5.74) is 9.29. The number of nitrogens with zero attached hydrogens (tertiary/aromatic N) is 1. The third-order valence-corrected chi connectivity index (χ3v) is 5.66. The summed E-state index contributed by atoms with van der Waals surface area (Å²) in [6, 6.07) is 9.59. The number of nitrogens with two attached hydrogens (primary N) is 1. The molecule has 22 heavy (non-hydrogen) atoms. The van der Waals surface area contributed by atoms with Crippen LogP contribution in [0.5, 0.6) is 0 Å². The first-order chi connectivity index (χ1) is 10.7. The SMILES string of the molecule is CCc1ccc(C2CC(N)CN(CC3CCCCC3)C2)cc1. The van der Waals surface area contributed by atoms with Crippen LogP contribution >= 0.6 is 0 Å². The molecule has 0 amide bonds. The lowest BCUT2D eigenvalue weighted by Gasteiger charge is -2.39. The molecule has 0 spiro atoms. The first-order valence-electron chi connectivity index (χ1n) is 9.31. The Bertz CT molecular complexity index is 447. The summed E-state index contributed by atoms with van der Waals surface area (Å²) in [4.78, 5) is 2.66. The summed E-state index contributed by atoms with van der Waals surface area (Å²) in [6.45, 7) is 5.80. The van der Waals surface area contributed by atoms with Gasteiger partial charge in [0, 0.05) is 25.7 Å². The summed E-state index contributed by atoms with van der Waals surface area (Å²) in [5, 5.41) is 0. The van der Waals surface area contributed by atoms with Crippen LogP contribution in [0.3, 0.4) is 0 Å². The van der Waals surface area contributed by atoms with Crippen molar-refractivity contribution in [2.24, 2.45) is 11.7 Å². The van der Waals surface area contributed by atoms with E-state index in [9.17, 15) is 0 Å². The minimum absolute atomic E-state index is 0.341. The van der Waals surface area contributed by atoms with Crippen molar-refractivity contribution in [3.63, 3.8) is 0 Å². The summed E-state index contributed by atoms with van der Waals surface area (Å²) < 4.78 is 0. The van der Waals surface area contributed by atoms with E-state index < -0.39 is 0 Å². The van der Waals surface area contributed by atoms with Gasteiger partial charge >= 0.3 is 0 Å². The first-order valence-corrected chi connectivity index (χ1v) is 9.31. The fourth-order valence-electron chi connectivity index (χ4n) is 4.38. The Morgan fingerprint density at radius 3 is 2.45 bits per heavy atom. The monoisotopic (exact) mass is 300 g/mol. The largest absolute Gasteiger partial charge is 0.327 e. The Hall–Kier alpha value is -0.860. The average Bonchev–Trinajstić information content (AvgIpc) is 2.55. The van der Waals surface area contributed by atoms with Crippen molar-refractivity contribution in [3.05, 3.63) is 35.4 Å². The predicted octanol–water partition coefficient (Wildman–Crippen LogP) is 3.95. The maximum atomic E-state index is 6.37. The van der Waals surface area contributed by atoms with Gasteiger partial charge in [-0.25, -0.2) is 0 Å². The summed E-state index contributed by atoms with van der Waals surface area (Å²) in [6.07, 6.45) is 9.45. The Morgan fingerprint density at radius 2 is 1.77 bits per heavy atom. The molecule has 0 radical (unpaired) electrons. The Balaban J connectivity index is 1.61. The molecule has 1 heterocycles. The molecule has 1 aliphatic heterocycles. The van der Waals surface area contributed by atoms with Crippen LogP contribution in [0.1, 0.15) is 62.5 Å². The molecule has 0 bridgehead atoms. The molecule has 1 aromatic carbocycles. The van der Waals surface area contributed by atoms with Crippen LogP contribution in [0.4, 0.5) is 0 Å². The molecule has 3 rings (SSSR count). The van der Waals surface area contributed by atoms with Crippen molar-refractivity contribution in [3.8, 4) is 0 Å². The number of piperidine rings is 1. The number of hydrogen-bond donors (Lipinski definition) is 1. The molecule has 1 aliphatic carbocycles. The fraction of sp³-hybridized carbons (Fsp3) is 0.700. The number of likely N-dealkylation sites (tertiary alicyclic amines) is 1. The molecule has 2 unspecified atom stereocenters. The van der Waals surface area contributed by atoms with Gasteiger partial charge in [0.25, 0.3) is 0 Å². The van der Waals surface area contributed by atoms with Crippen LogP contribution in [0.15, 0.2) is 24.3 Å². The van der Waals surface area contributed by atoms with E-state index in [1.165, 1.54) is 56.3 Å². The normalized spacial score (nSPS) is 27.9. The van der Waals surface area contributed by atoms with Gasteiger partial charge in [-0.1, -0.05) is 50.5 Å². The molecular weight excluding hydrogens is 268 g/mol. The third kappa shape index (κ3) is 4.11. The highest BCUT2D eigenvalue weighted by Crippen LogP contribution is 2.30. The van der Waals surface area contributed by atoms with E-state index in [0.29, 0.717) is 12.0 Å². The van der Waals surface area contributed by atoms with Crippen molar-refractivity contribution < 1.29 is 0 Å². The van der Waals surface area contributed by atoms with Crippen LogP contribution in [-0.4, -0.2) is 30.6 Å². The van der Waals surface area contributed by atoms with Crippen molar-refractivity contribution in [2.45, 2.75) is 63.8 Å². The Labute approximate surface area is 136 Å². The molecular formula is C20H32N2. The molecule has 122 valence electrons. The summed E-state index contributed by atoms with van der Waals surface area (Å²) >= 11 is 0. The zero-order valence-electron chi connectivity index (χ0n) is 14.1. The topological polar surface area (TPSA) is 29.3 Å². The van der Waals surface area contributed by atoms with E-state index in [1.807, 2.05) is 0 Å². The van der Waals surface area contributed by atoms with Gasteiger partial charge in [-0.3, -0.25) is 0 Å². The van der Waals surface area contributed by atoms with Crippen LogP contribution in [-0.2, 0) is 6.42 Å². The number of hydrogen-bond acceptors (Lipinski definition) is 2. The number of rotatable bonds is 4. The minimum atomic E-state index is 0.341. The lowest BCUT2D eigenvalue weighted by Crippen LogP contribution is -2.47. The zero-order valence-corrected chi connectivity index (χ0v) is 14.1. The highest BCUT2D eigenvalue weighted by atomic mass is 15.2. The molecule has 2 fully saturated rings. The standard InChI is InChI=1S/C20H32N2/c1-2-16-8-10-18(11-9-16)19-12-20(21)15-22(14-19)13-17-6-4-3-5-7-17/h8-11,17,19-20H,2-7,12-15,21H2,1H3. The predicted molar refractivity (Wildman–Crippen MR) is 94.2 cm³/mol. The van der Waals surface area contributed by atoms with Gasteiger partial charge < -0.3 is 10.6 Å². The minimum Gasteiger partial charge on any atom is -0.327 e. The Kier molecular flexibility index (Phi) is 5.54. The van der Waals surface area contributed by atoms with Crippen LogP contribution in [0.25, 0.3) is 0 Å². The molecule has 1 saturated carbocycles. The summed E-state index contributed by atoms with van der Waals surface area (Å²) in [5.74, 6) is 1.54. The third-order valence-electron chi connectivity index (χ3n) is 5.66. The maximum absolute atomic E-state index is 6.37. The lowest BCUT2D eigenvalue weighted by atomic mass is 9.85. The fourth-order valence-corrected chi connectivity index (χ4v) is 4.38. The second-order valence-electron chi connectivity index (χ2n) is 7.51. The first kappa shape index (κ1) is 16.0. The summed E-state index contributed by atoms with van der Waals surface area (Å²) in [7, 11) is 0. The second kappa shape index (κ2) is 7.61. The second-order valence-corrected chi connectivity index (χ2v) is 7.51. The van der Waals surface area contributed by atoms with Crippen LogP contribution in [0, 0.1) is 5.92 Å². The van der Waals surface area contributed by atoms with Gasteiger partial charge in [-0.05, 0) is 48.6 Å². The van der Waals surface area contributed by atoms with E-state index in [4.69, 9.17) is 5.73 Å². The van der Waals surface area contributed by atoms with Gasteiger partial charge in [0.15, 0.2) is 0 Å². The molecule has 2 nitrogen and oxygen atoms in total. The smallest absolute Gasteiger partial charge is 0.0174 e. The van der Waals surface area contributed by atoms with Gasteiger partial charge in [0.1, 0.15) is 0 Å². The number of aryl methyl sites for hydroxylation is 1. The van der Waals surface area contributed by atoms with Gasteiger partial charge in [-0.2, -0.15) is 0 Å². The molecule has 1 aromatic rings. The highest BCUT2D eigenvalue weighted by Gasteiger charge is 2.28. The van der Waals surface area contributed by atoms with Gasteiger partial charge in [-0.15, -0.1) is 0 Å². The van der Waals surface area contributed by atoms with E-state index >= 15 is 0 Å². The molecule has 0 aromatic heterocycles.